The zero-order valence-corrected chi connectivity index (χ0v) is 25.3. The molecule has 5 rings (SSSR count). The minimum atomic E-state index is -0.548. The number of hydrogen-bond acceptors (Lipinski definition) is 10. The molecule has 43 heavy (non-hydrogen) atoms. The van der Waals surface area contributed by atoms with Gasteiger partial charge in [0, 0.05) is 62.1 Å². The molecule has 0 radical (unpaired) electrons. The van der Waals surface area contributed by atoms with Gasteiger partial charge in [0.2, 0.25) is 0 Å². The average Bonchev–Trinajstić information content (AvgIpc) is 3.65. The van der Waals surface area contributed by atoms with E-state index < -0.39 is 17.0 Å². The highest BCUT2D eigenvalue weighted by molar-refractivity contribution is 9.10. The molecule has 2 amide bonds. The topological polar surface area (TPSA) is 156 Å². The van der Waals surface area contributed by atoms with Crippen molar-refractivity contribution in [1.29, 1.82) is 0 Å². The summed E-state index contributed by atoms with van der Waals surface area (Å²) < 4.78 is 11.1. The molecule has 2 aliphatic rings. The molecule has 2 N–H and O–H groups in total. The van der Waals surface area contributed by atoms with Gasteiger partial charge in [0.05, 0.1) is 51.7 Å². The van der Waals surface area contributed by atoms with Gasteiger partial charge in [0.25, 0.3) is 17.5 Å². The van der Waals surface area contributed by atoms with Crippen molar-refractivity contribution in [2.75, 3.05) is 37.3 Å². The van der Waals surface area contributed by atoms with Crippen molar-refractivity contribution in [3.8, 4) is 11.8 Å². The first-order valence-corrected chi connectivity index (χ1v) is 14.5. The summed E-state index contributed by atoms with van der Waals surface area (Å²) in [5, 5.41) is 22.1. The predicted molar refractivity (Wildman–Crippen MR) is 161 cm³/mol. The molecular formula is C29H30BrN7O6. The first kappa shape index (κ1) is 30.0. The standard InChI is InChI=1S/C29H30BrN7O6/c1-17-13-35(14-18(2)43-17)29(39)25-7-21(30)8-26(37(40)41)27(25)34-23-9-24(5-4-19-10-33-42-16-19)36(15-23)28(38)20-6-22(31-3)12-32-11-20/h6-8,10-12,16-18,23-24,31,34H,9,13-15H2,1-3H3/t17-,18+,23-,24-/m1/s1. The van der Waals surface area contributed by atoms with Crippen LogP contribution in [0.2, 0.25) is 0 Å². The molecule has 2 aliphatic heterocycles. The van der Waals surface area contributed by atoms with Crippen LogP contribution in [0.5, 0.6) is 0 Å². The van der Waals surface area contributed by atoms with E-state index in [1.54, 1.807) is 35.2 Å². The number of hydrogen-bond donors (Lipinski definition) is 2. The summed E-state index contributed by atoms with van der Waals surface area (Å²) in [6.45, 7) is 4.65. The smallest absolute Gasteiger partial charge is 0.294 e. The van der Waals surface area contributed by atoms with Crippen LogP contribution in [0.15, 0.2) is 52.0 Å². The maximum absolute atomic E-state index is 13.8. The number of aromatic nitrogens is 2. The molecule has 0 aliphatic carbocycles. The number of rotatable bonds is 6. The number of ether oxygens (including phenoxy) is 1. The Hall–Kier alpha value is -4.48. The van der Waals surface area contributed by atoms with Crippen LogP contribution >= 0.6 is 15.9 Å². The number of anilines is 2. The summed E-state index contributed by atoms with van der Waals surface area (Å²) in [6, 6.07) is 3.63. The molecule has 14 heteroatoms. The van der Waals surface area contributed by atoms with Crippen LogP contribution in [0.3, 0.4) is 0 Å². The minimum absolute atomic E-state index is 0.0916. The Balaban J connectivity index is 1.48. The Bertz CT molecular complexity index is 1580. The van der Waals surface area contributed by atoms with E-state index in [-0.39, 0.29) is 47.5 Å². The number of halogens is 1. The van der Waals surface area contributed by atoms with E-state index in [0.29, 0.717) is 40.8 Å². The van der Waals surface area contributed by atoms with Crippen molar-refractivity contribution in [3.05, 3.63) is 74.3 Å². The maximum Gasteiger partial charge on any atom is 0.294 e. The fourth-order valence-electron chi connectivity index (χ4n) is 5.37. The third-order valence-corrected chi connectivity index (χ3v) is 7.67. The summed E-state index contributed by atoms with van der Waals surface area (Å²) in [5.74, 6) is 5.46. The second-order valence-corrected chi connectivity index (χ2v) is 11.4. The maximum atomic E-state index is 13.8. The van der Waals surface area contributed by atoms with Crippen molar-refractivity contribution in [2.24, 2.45) is 0 Å². The lowest BCUT2D eigenvalue weighted by molar-refractivity contribution is -0.384. The van der Waals surface area contributed by atoms with Crippen molar-refractivity contribution in [3.63, 3.8) is 0 Å². The summed E-state index contributed by atoms with van der Waals surface area (Å²) in [4.78, 5) is 46.6. The highest BCUT2D eigenvalue weighted by Crippen LogP contribution is 2.36. The number of amides is 2. The number of nitrogens with one attached hydrogen (secondary N) is 2. The number of carbonyl (C=O) groups is 2. The lowest BCUT2D eigenvalue weighted by Gasteiger charge is -2.35. The van der Waals surface area contributed by atoms with Crippen LogP contribution in [-0.2, 0) is 4.74 Å². The summed E-state index contributed by atoms with van der Waals surface area (Å²) in [7, 11) is 1.73. The van der Waals surface area contributed by atoms with Crippen molar-refractivity contribution in [2.45, 2.75) is 44.6 Å². The van der Waals surface area contributed by atoms with Gasteiger partial charge in [-0.25, -0.2) is 0 Å². The third kappa shape index (κ3) is 6.79. The summed E-state index contributed by atoms with van der Waals surface area (Å²) in [6.07, 6.45) is 5.95. The fourth-order valence-corrected chi connectivity index (χ4v) is 5.82. The molecule has 0 bridgehead atoms. The van der Waals surface area contributed by atoms with Gasteiger partial charge >= 0.3 is 0 Å². The number of likely N-dealkylation sites (tertiary alicyclic amines) is 1. The van der Waals surface area contributed by atoms with Crippen LogP contribution < -0.4 is 10.6 Å². The van der Waals surface area contributed by atoms with Crippen molar-refractivity contribution in [1.82, 2.24) is 19.9 Å². The lowest BCUT2D eigenvalue weighted by atomic mass is 10.1. The second-order valence-electron chi connectivity index (χ2n) is 10.5. The van der Waals surface area contributed by atoms with E-state index in [0.717, 1.165) is 0 Å². The van der Waals surface area contributed by atoms with Crippen LogP contribution in [-0.4, -0.2) is 87.7 Å². The van der Waals surface area contributed by atoms with Gasteiger partial charge in [-0.05, 0) is 26.0 Å². The fraction of sp³-hybridized carbons (Fsp3) is 0.379. The number of carbonyl (C=O) groups excluding carboxylic acids is 2. The van der Waals surface area contributed by atoms with Crippen LogP contribution in [0.1, 0.15) is 46.5 Å². The normalized spacial score (nSPS) is 21.6. The van der Waals surface area contributed by atoms with E-state index in [2.05, 4.69) is 48.5 Å². The van der Waals surface area contributed by atoms with Gasteiger partial charge in [0.1, 0.15) is 12.0 Å². The highest BCUT2D eigenvalue weighted by Gasteiger charge is 2.38. The molecule has 0 saturated carbocycles. The Morgan fingerprint density at radius 2 is 1.88 bits per heavy atom. The molecule has 2 saturated heterocycles. The summed E-state index contributed by atoms with van der Waals surface area (Å²) in [5.41, 5.74) is 1.58. The number of pyridine rings is 1. The molecule has 0 spiro atoms. The Kier molecular flexibility index (Phi) is 8.93. The molecule has 2 fully saturated rings. The molecule has 0 unspecified atom stereocenters. The Labute approximate surface area is 256 Å². The van der Waals surface area contributed by atoms with Gasteiger partial charge in [0.15, 0.2) is 0 Å². The molecule has 224 valence electrons. The lowest BCUT2D eigenvalue weighted by Crippen LogP contribution is -2.48. The first-order valence-electron chi connectivity index (χ1n) is 13.7. The zero-order valence-electron chi connectivity index (χ0n) is 23.7. The quantitative estimate of drug-likeness (QED) is 0.228. The zero-order chi connectivity index (χ0) is 30.7. The predicted octanol–water partition coefficient (Wildman–Crippen LogP) is 3.78. The molecule has 2 aromatic heterocycles. The average molecular weight is 653 g/mol. The van der Waals surface area contributed by atoms with Gasteiger partial charge in [-0.1, -0.05) is 32.9 Å². The van der Waals surface area contributed by atoms with Gasteiger partial charge in [-0.3, -0.25) is 24.7 Å². The van der Waals surface area contributed by atoms with Crippen LogP contribution in [0.4, 0.5) is 17.1 Å². The second kappa shape index (κ2) is 12.8. The third-order valence-electron chi connectivity index (χ3n) is 7.22. The molecule has 4 atom stereocenters. The Morgan fingerprint density at radius 3 is 2.56 bits per heavy atom. The van der Waals surface area contributed by atoms with Crippen LogP contribution in [0, 0.1) is 22.0 Å². The van der Waals surface area contributed by atoms with Gasteiger partial charge < -0.3 is 29.7 Å². The number of nitro groups is 1. The first-order chi connectivity index (χ1) is 20.6. The van der Waals surface area contributed by atoms with Gasteiger partial charge in [-0.2, -0.15) is 0 Å². The van der Waals surface area contributed by atoms with Crippen LogP contribution in [0.25, 0.3) is 0 Å². The number of benzene rings is 1. The Morgan fingerprint density at radius 1 is 1.12 bits per heavy atom. The van der Waals surface area contributed by atoms with Crippen molar-refractivity contribution >= 4 is 44.8 Å². The number of nitrogens with zero attached hydrogens (tertiary/aromatic N) is 5. The number of morpholine rings is 1. The van der Waals surface area contributed by atoms with E-state index in [1.165, 1.54) is 24.7 Å². The summed E-state index contributed by atoms with van der Waals surface area (Å²) >= 11 is 3.34. The molecule has 13 nitrogen and oxygen atoms in total. The van der Waals surface area contributed by atoms with Gasteiger partial charge in [-0.15, -0.1) is 0 Å². The van der Waals surface area contributed by atoms with E-state index in [9.17, 15) is 19.7 Å². The molecule has 1 aromatic carbocycles. The molecule has 4 heterocycles. The SMILES string of the molecule is CNc1cncc(C(=O)N2C[C@H](Nc3c(C(=O)N4C[C@@H](C)O[C@@H](C)C4)cc(Br)cc3[N+](=O)[O-])C[C@H]2C#Cc2cnoc2)c1. The largest absolute Gasteiger partial charge is 0.387 e. The molecule has 3 aromatic rings. The van der Waals surface area contributed by atoms with E-state index >= 15 is 0 Å². The number of nitro benzene ring substituents is 1. The van der Waals surface area contributed by atoms with E-state index in [1.807, 2.05) is 13.8 Å². The highest BCUT2D eigenvalue weighted by atomic mass is 79.9. The van der Waals surface area contributed by atoms with Crippen molar-refractivity contribution < 1.29 is 23.8 Å². The monoisotopic (exact) mass is 651 g/mol. The van der Waals surface area contributed by atoms with E-state index in [4.69, 9.17) is 9.26 Å². The minimum Gasteiger partial charge on any atom is -0.387 e. The molecular weight excluding hydrogens is 622 g/mol.